The van der Waals surface area contributed by atoms with E-state index in [0.717, 1.165) is 22.3 Å². The lowest BCUT2D eigenvalue weighted by molar-refractivity contribution is 0.0695. The van der Waals surface area contributed by atoms with Crippen molar-refractivity contribution in [2.75, 3.05) is 0 Å². The van der Waals surface area contributed by atoms with E-state index in [9.17, 15) is 14.7 Å². The molecule has 0 saturated carbocycles. The van der Waals surface area contributed by atoms with Gasteiger partial charge in [-0.2, -0.15) is 0 Å². The van der Waals surface area contributed by atoms with Crippen LogP contribution in [0.5, 0.6) is 0 Å². The van der Waals surface area contributed by atoms with Crippen molar-refractivity contribution in [3.63, 3.8) is 0 Å². The molecule has 0 aromatic heterocycles. The highest BCUT2D eigenvalue weighted by molar-refractivity contribution is 6.16. The topological polar surface area (TPSA) is 54.4 Å². The fourth-order valence-corrected chi connectivity index (χ4v) is 3.37. The third-order valence-electron chi connectivity index (χ3n) is 4.31. The van der Waals surface area contributed by atoms with Gasteiger partial charge in [-0.25, -0.2) is 4.79 Å². The Morgan fingerprint density at radius 2 is 1.87 bits per heavy atom. The SMILES string of the molecule is Cc1cc(C)c2c(c1)C/C(=C/c1cccc(C)c1C(=O)O)C2=O. The third kappa shape index (κ3) is 2.59. The highest BCUT2D eigenvalue weighted by Gasteiger charge is 2.27. The summed E-state index contributed by atoms with van der Waals surface area (Å²) in [4.78, 5) is 24.2. The zero-order valence-electron chi connectivity index (χ0n) is 13.4. The van der Waals surface area contributed by atoms with E-state index in [4.69, 9.17) is 0 Å². The van der Waals surface area contributed by atoms with Crippen molar-refractivity contribution in [1.82, 2.24) is 0 Å². The zero-order valence-corrected chi connectivity index (χ0v) is 13.4. The lowest BCUT2D eigenvalue weighted by atomic mass is 9.98. The second-order valence-corrected chi connectivity index (χ2v) is 6.14. The van der Waals surface area contributed by atoms with Gasteiger partial charge in [-0.05, 0) is 49.1 Å². The van der Waals surface area contributed by atoms with Crippen molar-refractivity contribution < 1.29 is 14.7 Å². The van der Waals surface area contributed by atoms with Crippen LogP contribution in [0.15, 0.2) is 35.9 Å². The van der Waals surface area contributed by atoms with Crippen molar-refractivity contribution in [2.45, 2.75) is 27.2 Å². The Balaban J connectivity index is 2.11. The van der Waals surface area contributed by atoms with E-state index in [1.165, 1.54) is 0 Å². The average Bonchev–Trinajstić information content (AvgIpc) is 2.74. The molecule has 0 atom stereocenters. The van der Waals surface area contributed by atoms with Gasteiger partial charge in [0.1, 0.15) is 0 Å². The summed E-state index contributed by atoms with van der Waals surface area (Å²) in [7, 11) is 0. The predicted molar refractivity (Wildman–Crippen MR) is 90.1 cm³/mol. The largest absolute Gasteiger partial charge is 0.478 e. The summed E-state index contributed by atoms with van der Waals surface area (Å²) >= 11 is 0. The van der Waals surface area contributed by atoms with E-state index in [1.54, 1.807) is 25.1 Å². The number of Topliss-reactive ketones (excluding diaryl/α,β-unsaturated/α-hetero) is 1. The number of carbonyl (C=O) groups excluding carboxylic acids is 1. The number of aromatic carboxylic acids is 1. The molecule has 1 aliphatic rings. The average molecular weight is 306 g/mol. The normalized spacial score (nSPS) is 15.1. The number of benzene rings is 2. The molecule has 0 heterocycles. The Morgan fingerprint density at radius 3 is 2.57 bits per heavy atom. The molecular formula is C20H18O3. The van der Waals surface area contributed by atoms with Gasteiger partial charge < -0.3 is 5.11 Å². The molecule has 3 heteroatoms. The Kier molecular flexibility index (Phi) is 3.64. The van der Waals surface area contributed by atoms with Crippen LogP contribution in [0, 0.1) is 20.8 Å². The molecule has 0 radical (unpaired) electrons. The molecule has 0 bridgehead atoms. The highest BCUT2D eigenvalue weighted by Crippen LogP contribution is 2.32. The van der Waals surface area contributed by atoms with Crippen LogP contribution in [0.1, 0.15) is 48.5 Å². The highest BCUT2D eigenvalue weighted by atomic mass is 16.4. The number of rotatable bonds is 2. The summed E-state index contributed by atoms with van der Waals surface area (Å²) < 4.78 is 0. The van der Waals surface area contributed by atoms with Gasteiger partial charge in [-0.3, -0.25) is 4.79 Å². The van der Waals surface area contributed by atoms with Crippen LogP contribution < -0.4 is 0 Å². The summed E-state index contributed by atoms with van der Waals surface area (Å²) in [6, 6.07) is 9.38. The smallest absolute Gasteiger partial charge is 0.336 e. The molecule has 3 nitrogen and oxygen atoms in total. The molecule has 3 rings (SSSR count). The Hall–Kier alpha value is -2.68. The molecular weight excluding hydrogens is 288 g/mol. The first kappa shape index (κ1) is 15.2. The summed E-state index contributed by atoms with van der Waals surface area (Å²) in [5.41, 5.74) is 6.12. The summed E-state index contributed by atoms with van der Waals surface area (Å²) in [5.74, 6) is -0.958. The van der Waals surface area contributed by atoms with E-state index < -0.39 is 5.97 Å². The van der Waals surface area contributed by atoms with Crippen LogP contribution >= 0.6 is 0 Å². The maximum atomic E-state index is 12.7. The van der Waals surface area contributed by atoms with E-state index >= 15 is 0 Å². The minimum absolute atomic E-state index is 0.00958. The Bertz CT molecular complexity index is 873. The van der Waals surface area contributed by atoms with Crippen molar-refractivity contribution >= 4 is 17.8 Å². The minimum Gasteiger partial charge on any atom is -0.478 e. The zero-order chi connectivity index (χ0) is 16.7. The van der Waals surface area contributed by atoms with Crippen molar-refractivity contribution in [3.8, 4) is 0 Å². The Labute approximate surface area is 135 Å². The number of hydrogen-bond donors (Lipinski definition) is 1. The maximum Gasteiger partial charge on any atom is 0.336 e. The van der Waals surface area contributed by atoms with Crippen LogP contribution in [0.3, 0.4) is 0 Å². The molecule has 116 valence electrons. The fourth-order valence-electron chi connectivity index (χ4n) is 3.37. The monoisotopic (exact) mass is 306 g/mol. The van der Waals surface area contributed by atoms with Gasteiger partial charge in [0.05, 0.1) is 5.56 Å². The quantitative estimate of drug-likeness (QED) is 0.849. The molecule has 2 aromatic rings. The van der Waals surface area contributed by atoms with Crippen LogP contribution in [0.4, 0.5) is 0 Å². The lowest BCUT2D eigenvalue weighted by Gasteiger charge is -2.06. The number of carboxylic acid groups (broad SMARTS) is 1. The van der Waals surface area contributed by atoms with Crippen molar-refractivity contribution in [1.29, 1.82) is 0 Å². The third-order valence-corrected chi connectivity index (χ3v) is 4.31. The van der Waals surface area contributed by atoms with Crippen LogP contribution in [0.25, 0.3) is 6.08 Å². The summed E-state index contributed by atoms with van der Waals surface area (Å²) in [5, 5.41) is 9.43. The van der Waals surface area contributed by atoms with Gasteiger partial charge in [0.2, 0.25) is 0 Å². The molecule has 2 aromatic carbocycles. The van der Waals surface area contributed by atoms with Gasteiger partial charge in [0, 0.05) is 17.6 Å². The van der Waals surface area contributed by atoms with Crippen molar-refractivity contribution in [2.24, 2.45) is 0 Å². The number of fused-ring (bicyclic) bond motifs is 1. The van der Waals surface area contributed by atoms with Crippen molar-refractivity contribution in [3.05, 3.63) is 74.8 Å². The molecule has 1 aliphatic carbocycles. The molecule has 0 spiro atoms. The van der Waals surface area contributed by atoms with E-state index in [1.807, 2.05) is 32.0 Å². The van der Waals surface area contributed by atoms with Crippen LogP contribution in [0.2, 0.25) is 0 Å². The first-order chi connectivity index (χ1) is 10.9. The number of hydrogen-bond acceptors (Lipinski definition) is 2. The predicted octanol–water partition coefficient (Wildman–Crippen LogP) is 4.13. The fraction of sp³-hybridized carbons (Fsp3) is 0.200. The number of ketones is 1. The van der Waals surface area contributed by atoms with E-state index in [2.05, 4.69) is 0 Å². The van der Waals surface area contributed by atoms with E-state index in [-0.39, 0.29) is 11.3 Å². The molecule has 23 heavy (non-hydrogen) atoms. The van der Waals surface area contributed by atoms with Gasteiger partial charge in [-0.15, -0.1) is 0 Å². The van der Waals surface area contributed by atoms with Gasteiger partial charge in [0.25, 0.3) is 0 Å². The molecule has 0 amide bonds. The van der Waals surface area contributed by atoms with Gasteiger partial charge in [0.15, 0.2) is 5.78 Å². The number of carboxylic acids is 1. The molecule has 0 saturated heterocycles. The van der Waals surface area contributed by atoms with Gasteiger partial charge in [-0.1, -0.05) is 35.9 Å². The van der Waals surface area contributed by atoms with Crippen LogP contribution in [-0.4, -0.2) is 16.9 Å². The summed E-state index contributed by atoms with van der Waals surface area (Å²) in [6.07, 6.45) is 2.29. The molecule has 1 N–H and O–H groups in total. The lowest BCUT2D eigenvalue weighted by Crippen LogP contribution is -2.04. The van der Waals surface area contributed by atoms with Crippen LogP contribution in [-0.2, 0) is 6.42 Å². The standard InChI is InChI=1S/C20H18O3/c1-11-7-13(3)17-15(8-11)10-16(19(17)21)9-14-6-4-5-12(2)18(14)20(22)23/h4-9H,10H2,1-3H3,(H,22,23)/b16-9-. The second-order valence-electron chi connectivity index (χ2n) is 6.14. The molecule has 0 aliphatic heterocycles. The number of carbonyl (C=O) groups is 2. The summed E-state index contributed by atoms with van der Waals surface area (Å²) in [6.45, 7) is 5.73. The first-order valence-electron chi connectivity index (χ1n) is 7.57. The first-order valence-corrected chi connectivity index (χ1v) is 7.57. The minimum atomic E-state index is -0.968. The van der Waals surface area contributed by atoms with Gasteiger partial charge >= 0.3 is 5.97 Å². The second kappa shape index (κ2) is 5.51. The molecule has 0 fully saturated rings. The number of allylic oxidation sites excluding steroid dienone is 1. The number of aryl methyl sites for hydroxylation is 3. The molecule has 0 unspecified atom stereocenters. The maximum absolute atomic E-state index is 12.7. The Morgan fingerprint density at radius 1 is 1.13 bits per heavy atom. The van der Waals surface area contributed by atoms with E-state index in [0.29, 0.717) is 23.1 Å².